The van der Waals surface area contributed by atoms with Gasteiger partial charge < -0.3 is 40.2 Å². The number of carbonyl (C=O) groups excluding carboxylic acids is 4. The molecular formula is C72H144N4O8. The van der Waals surface area contributed by atoms with Gasteiger partial charge in [-0.15, -0.1) is 0 Å². The molecule has 4 N–H and O–H groups in total. The van der Waals surface area contributed by atoms with Crippen molar-refractivity contribution in [2.24, 2.45) is 23.7 Å². The van der Waals surface area contributed by atoms with Gasteiger partial charge in [-0.2, -0.15) is 0 Å². The third kappa shape index (κ3) is 64.2. The van der Waals surface area contributed by atoms with E-state index in [0.717, 1.165) is 141 Å². The van der Waals surface area contributed by atoms with Crippen LogP contribution in [0.3, 0.4) is 0 Å². The van der Waals surface area contributed by atoms with Gasteiger partial charge in [0, 0.05) is 25.9 Å². The summed E-state index contributed by atoms with van der Waals surface area (Å²) in [5.74, 6) is 2.50. The van der Waals surface area contributed by atoms with Gasteiger partial charge in [-0.25, -0.2) is 0 Å². The minimum Gasteiger partial charge on any atom is -0.466 e. The number of ether oxygens (including phenoxy) is 4. The molecular weight excluding hydrogens is 1050 g/mol. The van der Waals surface area contributed by atoms with Crippen LogP contribution in [0.2, 0.25) is 0 Å². The number of unbranched alkanes of at least 4 members (excludes halogenated alkanes) is 16. The van der Waals surface area contributed by atoms with E-state index in [4.69, 9.17) is 18.9 Å². The zero-order valence-electron chi connectivity index (χ0n) is 57.2. The average Bonchev–Trinajstić information content (AvgIpc) is 3.49. The number of rotatable bonds is 66. The van der Waals surface area contributed by atoms with Gasteiger partial charge in [-0.3, -0.25) is 19.2 Å². The number of esters is 4. The molecule has 0 radical (unpaired) electrons. The van der Waals surface area contributed by atoms with Gasteiger partial charge in [0.05, 0.1) is 39.3 Å². The van der Waals surface area contributed by atoms with Gasteiger partial charge in [-0.1, -0.05) is 209 Å². The molecule has 0 aromatic carbocycles. The van der Waals surface area contributed by atoms with Gasteiger partial charge in [0.1, 0.15) is 0 Å². The summed E-state index contributed by atoms with van der Waals surface area (Å²) in [6, 6.07) is 0. The predicted molar refractivity (Wildman–Crippen MR) is 358 cm³/mol. The van der Waals surface area contributed by atoms with E-state index in [-0.39, 0.29) is 23.9 Å². The Morgan fingerprint density at radius 2 is 0.512 bits per heavy atom. The highest BCUT2D eigenvalue weighted by molar-refractivity contribution is 5.70. The largest absolute Gasteiger partial charge is 0.466 e. The van der Waals surface area contributed by atoms with Crippen molar-refractivity contribution in [1.82, 2.24) is 21.3 Å². The molecule has 0 fully saturated rings. The summed E-state index contributed by atoms with van der Waals surface area (Å²) >= 11 is 0. The van der Waals surface area contributed by atoms with E-state index in [9.17, 15) is 19.2 Å². The highest BCUT2D eigenvalue weighted by atomic mass is 16.5. The Hall–Kier alpha value is -2.28. The second-order valence-corrected chi connectivity index (χ2v) is 24.9. The van der Waals surface area contributed by atoms with E-state index < -0.39 is 0 Å². The van der Waals surface area contributed by atoms with Crippen LogP contribution in [0.15, 0.2) is 0 Å². The van der Waals surface area contributed by atoms with E-state index in [2.05, 4.69) is 76.7 Å². The van der Waals surface area contributed by atoms with Gasteiger partial charge >= 0.3 is 23.9 Å². The Labute approximate surface area is 521 Å². The lowest BCUT2D eigenvalue weighted by atomic mass is 9.92. The molecule has 0 aromatic heterocycles. The summed E-state index contributed by atoms with van der Waals surface area (Å²) < 4.78 is 22.0. The van der Waals surface area contributed by atoms with Crippen LogP contribution in [-0.2, 0) is 38.1 Å². The molecule has 0 aliphatic rings. The Balaban J connectivity index is 0. The monoisotopic (exact) mass is 1190 g/mol. The summed E-state index contributed by atoms with van der Waals surface area (Å²) in [5, 5.41) is 13.8. The second-order valence-electron chi connectivity index (χ2n) is 24.9. The third-order valence-electron chi connectivity index (χ3n) is 16.6. The Kier molecular flexibility index (Phi) is 69.6. The lowest BCUT2D eigenvalue weighted by Gasteiger charge is -2.16. The predicted octanol–water partition coefficient (Wildman–Crippen LogP) is 18.3. The van der Waals surface area contributed by atoms with Crippen LogP contribution in [0.25, 0.3) is 0 Å². The molecule has 500 valence electrons. The molecule has 0 rings (SSSR count). The van der Waals surface area contributed by atoms with Crippen LogP contribution in [-0.4, -0.2) is 103 Å². The molecule has 2 unspecified atom stereocenters. The maximum Gasteiger partial charge on any atom is 0.307 e. The molecule has 84 heavy (non-hydrogen) atoms. The molecule has 12 heteroatoms. The first-order valence-electron chi connectivity index (χ1n) is 36.6. The summed E-state index contributed by atoms with van der Waals surface area (Å²) in [6.07, 6.45) is 49.8. The average molecular weight is 1190 g/mol. The SMILES string of the molecule is CCCCC(CCCC)CCCOC(=O)CCCCCNCCCCCNCCC(=O)OCCCC(CCCC)CCCC.CCCCCC(CCC)COC(=O)CCCCCNCCCCCNCCC(=O)OCC(CCC)CCCCC. The van der Waals surface area contributed by atoms with E-state index in [0.29, 0.717) is 77.0 Å². The maximum atomic E-state index is 12.1. The van der Waals surface area contributed by atoms with Crippen LogP contribution in [0.1, 0.15) is 338 Å². The summed E-state index contributed by atoms with van der Waals surface area (Å²) in [7, 11) is 0. The molecule has 0 aliphatic carbocycles. The van der Waals surface area contributed by atoms with Crippen LogP contribution in [0.4, 0.5) is 0 Å². The summed E-state index contributed by atoms with van der Waals surface area (Å²) in [5.41, 5.74) is 0. The Morgan fingerprint density at radius 3 is 0.845 bits per heavy atom. The Bertz CT molecular complexity index is 1260. The van der Waals surface area contributed by atoms with Crippen LogP contribution >= 0.6 is 0 Å². The summed E-state index contributed by atoms with van der Waals surface area (Å²) in [6.45, 7) is 27.7. The molecule has 12 nitrogen and oxygen atoms in total. The lowest BCUT2D eigenvalue weighted by molar-refractivity contribution is -0.146. The first-order valence-corrected chi connectivity index (χ1v) is 36.6. The normalized spacial score (nSPS) is 12.1. The molecule has 0 saturated carbocycles. The molecule has 0 saturated heterocycles. The first kappa shape index (κ1) is 83.8. The lowest BCUT2D eigenvalue weighted by Crippen LogP contribution is -2.22. The van der Waals surface area contributed by atoms with Crippen molar-refractivity contribution >= 4 is 23.9 Å². The van der Waals surface area contributed by atoms with Crippen molar-refractivity contribution in [3.05, 3.63) is 0 Å². The van der Waals surface area contributed by atoms with Crippen molar-refractivity contribution < 1.29 is 38.1 Å². The van der Waals surface area contributed by atoms with E-state index in [1.165, 1.54) is 167 Å². The van der Waals surface area contributed by atoms with Crippen molar-refractivity contribution in [3.63, 3.8) is 0 Å². The summed E-state index contributed by atoms with van der Waals surface area (Å²) in [4.78, 5) is 48.1. The van der Waals surface area contributed by atoms with Crippen LogP contribution in [0.5, 0.6) is 0 Å². The Morgan fingerprint density at radius 1 is 0.238 bits per heavy atom. The van der Waals surface area contributed by atoms with E-state index in [1.54, 1.807) is 0 Å². The highest BCUT2D eigenvalue weighted by Crippen LogP contribution is 2.23. The van der Waals surface area contributed by atoms with Crippen molar-refractivity contribution in [1.29, 1.82) is 0 Å². The molecule has 0 heterocycles. The van der Waals surface area contributed by atoms with Crippen molar-refractivity contribution in [2.75, 3.05) is 78.8 Å². The second kappa shape index (κ2) is 69.8. The molecule has 0 amide bonds. The standard InChI is InChI=1S/C38H76N2O4.C34H68N2O4/c1-5-9-21-35(22-10-6-2)25-19-33-43-37(41)27-15-13-16-29-39-30-17-14-18-31-40-32-28-38(42)44-34-20-26-36(23-11-7-3)24-12-8-4;1-5-9-13-21-31(19-7-3)29-39-33(37)23-15-11-16-25-35-26-17-12-18-27-36-28-24-34(38)40-30-32(20-8-4)22-14-10-6-2/h35-36,39-40H,5-34H2,1-4H3;31-32,35-36H,5-30H2,1-4H3. The third-order valence-corrected chi connectivity index (χ3v) is 16.6. The zero-order chi connectivity index (χ0) is 61.9. The van der Waals surface area contributed by atoms with Gasteiger partial charge in [0.2, 0.25) is 0 Å². The minimum absolute atomic E-state index is 0.0199. The van der Waals surface area contributed by atoms with E-state index in [1.807, 2.05) is 0 Å². The fourth-order valence-electron chi connectivity index (χ4n) is 11.1. The smallest absolute Gasteiger partial charge is 0.307 e. The highest BCUT2D eigenvalue weighted by Gasteiger charge is 2.14. The fourth-order valence-corrected chi connectivity index (χ4v) is 11.1. The van der Waals surface area contributed by atoms with Gasteiger partial charge in [0.25, 0.3) is 0 Å². The van der Waals surface area contributed by atoms with Crippen LogP contribution < -0.4 is 21.3 Å². The maximum absolute atomic E-state index is 12.1. The topological polar surface area (TPSA) is 153 Å². The molecule has 0 spiro atoms. The number of hydrogen-bond acceptors (Lipinski definition) is 12. The van der Waals surface area contributed by atoms with Crippen LogP contribution in [0, 0.1) is 23.7 Å². The van der Waals surface area contributed by atoms with Gasteiger partial charge in [0.15, 0.2) is 0 Å². The molecule has 0 aromatic rings. The number of hydrogen-bond donors (Lipinski definition) is 4. The zero-order valence-corrected chi connectivity index (χ0v) is 57.2. The van der Waals surface area contributed by atoms with Gasteiger partial charge in [-0.05, 0) is 166 Å². The molecule has 0 bridgehead atoms. The molecule has 2 atom stereocenters. The van der Waals surface area contributed by atoms with E-state index >= 15 is 0 Å². The van der Waals surface area contributed by atoms with Crippen molar-refractivity contribution in [3.8, 4) is 0 Å². The number of carbonyl (C=O) groups is 4. The molecule has 0 aliphatic heterocycles. The first-order chi connectivity index (χ1) is 41.1. The fraction of sp³-hybridized carbons (Fsp3) is 0.944. The van der Waals surface area contributed by atoms with Crippen molar-refractivity contribution in [2.45, 2.75) is 338 Å². The number of nitrogens with one attached hydrogen (secondary N) is 4. The quantitative estimate of drug-likeness (QED) is 0.0260. The minimum atomic E-state index is -0.0683.